The molecule has 3 aromatic carbocycles. The maximum absolute atomic E-state index is 4.75. The molecule has 0 saturated heterocycles. The summed E-state index contributed by atoms with van der Waals surface area (Å²) in [6, 6.07) is 26.8. The third-order valence-corrected chi connectivity index (χ3v) is 4.15. The first-order chi connectivity index (χ1) is 12.4. The van der Waals surface area contributed by atoms with Crippen molar-refractivity contribution in [2.45, 2.75) is 6.42 Å². The van der Waals surface area contributed by atoms with Crippen LogP contribution in [0.15, 0.2) is 96.2 Å². The monoisotopic (exact) mass is 325 g/mol. The van der Waals surface area contributed by atoms with E-state index < -0.39 is 0 Å². The highest BCUT2D eigenvalue weighted by atomic mass is 15.5. The minimum atomic E-state index is 0.972. The fraction of sp³-hybridized carbons (Fsp3) is 0.0455. The SMILES string of the molecule is C1=CNc2cc(/C=N/N(c3ccccc3)c3ccccc3)ccc2C1. The fourth-order valence-corrected chi connectivity index (χ4v) is 2.87. The maximum Gasteiger partial charge on any atom is 0.0652 e. The van der Waals surface area contributed by atoms with E-state index in [4.69, 9.17) is 5.10 Å². The van der Waals surface area contributed by atoms with Crippen LogP contribution in [0.4, 0.5) is 17.1 Å². The molecule has 3 nitrogen and oxygen atoms in total. The van der Waals surface area contributed by atoms with E-state index in [1.165, 1.54) is 5.56 Å². The molecule has 0 spiro atoms. The molecular formula is C22H19N3. The lowest BCUT2D eigenvalue weighted by Gasteiger charge is -2.19. The lowest BCUT2D eigenvalue weighted by Crippen LogP contribution is -2.09. The van der Waals surface area contributed by atoms with Gasteiger partial charge < -0.3 is 5.32 Å². The Bertz CT molecular complexity index is 860. The van der Waals surface area contributed by atoms with Crippen LogP contribution < -0.4 is 10.3 Å². The molecule has 1 aliphatic heterocycles. The van der Waals surface area contributed by atoms with Crippen molar-refractivity contribution in [1.29, 1.82) is 0 Å². The molecule has 0 radical (unpaired) electrons. The second kappa shape index (κ2) is 7.05. The predicted molar refractivity (Wildman–Crippen MR) is 106 cm³/mol. The number of nitrogens with zero attached hydrogens (tertiary/aromatic N) is 2. The molecule has 0 aromatic heterocycles. The minimum Gasteiger partial charge on any atom is -0.362 e. The number of benzene rings is 3. The van der Waals surface area contributed by atoms with Gasteiger partial charge >= 0.3 is 0 Å². The van der Waals surface area contributed by atoms with Crippen LogP contribution in [0.5, 0.6) is 0 Å². The molecule has 0 aliphatic carbocycles. The van der Waals surface area contributed by atoms with Crippen LogP contribution in [0.3, 0.4) is 0 Å². The molecule has 0 amide bonds. The lowest BCUT2D eigenvalue weighted by molar-refractivity contribution is 1.09. The fourth-order valence-electron chi connectivity index (χ4n) is 2.87. The van der Waals surface area contributed by atoms with Crippen LogP contribution in [-0.2, 0) is 6.42 Å². The molecular weight excluding hydrogens is 306 g/mol. The minimum absolute atomic E-state index is 0.972. The van der Waals surface area contributed by atoms with Crippen LogP contribution in [-0.4, -0.2) is 6.21 Å². The zero-order valence-electron chi connectivity index (χ0n) is 13.8. The predicted octanol–water partition coefficient (Wildman–Crippen LogP) is 5.34. The van der Waals surface area contributed by atoms with E-state index in [1.54, 1.807) is 0 Å². The van der Waals surface area contributed by atoms with Gasteiger partial charge in [0.05, 0.1) is 17.6 Å². The Labute approximate surface area is 147 Å². The van der Waals surface area contributed by atoms with E-state index in [0.717, 1.165) is 29.0 Å². The molecule has 1 aliphatic rings. The number of para-hydroxylation sites is 2. The van der Waals surface area contributed by atoms with Crippen molar-refractivity contribution in [3.05, 3.63) is 102 Å². The van der Waals surface area contributed by atoms with Crippen LogP contribution in [0, 0.1) is 0 Å². The van der Waals surface area contributed by atoms with Crippen LogP contribution in [0.2, 0.25) is 0 Å². The van der Waals surface area contributed by atoms with Gasteiger partial charge in [-0.05, 0) is 54.1 Å². The van der Waals surface area contributed by atoms with Gasteiger partial charge in [-0.2, -0.15) is 5.10 Å². The van der Waals surface area contributed by atoms with Gasteiger partial charge in [0.1, 0.15) is 0 Å². The van der Waals surface area contributed by atoms with Crippen molar-refractivity contribution in [3.8, 4) is 0 Å². The van der Waals surface area contributed by atoms with Gasteiger partial charge in [0.2, 0.25) is 0 Å². The van der Waals surface area contributed by atoms with Gasteiger partial charge in [-0.1, -0.05) is 54.6 Å². The molecule has 0 fully saturated rings. The molecule has 25 heavy (non-hydrogen) atoms. The van der Waals surface area contributed by atoms with Crippen molar-refractivity contribution >= 4 is 23.3 Å². The van der Waals surface area contributed by atoms with Gasteiger partial charge in [0.25, 0.3) is 0 Å². The van der Waals surface area contributed by atoms with Gasteiger partial charge in [0.15, 0.2) is 0 Å². The van der Waals surface area contributed by atoms with Gasteiger partial charge in [-0.3, -0.25) is 0 Å². The first-order valence-electron chi connectivity index (χ1n) is 8.39. The summed E-state index contributed by atoms with van der Waals surface area (Å²) < 4.78 is 0. The molecule has 3 heteroatoms. The number of hydrogen-bond acceptors (Lipinski definition) is 3. The lowest BCUT2D eigenvalue weighted by atomic mass is 10.0. The third kappa shape index (κ3) is 3.45. The van der Waals surface area contributed by atoms with Crippen LogP contribution in [0.1, 0.15) is 11.1 Å². The molecule has 1 heterocycles. The largest absolute Gasteiger partial charge is 0.362 e. The van der Waals surface area contributed by atoms with E-state index in [1.807, 2.05) is 53.8 Å². The standard InChI is InChI=1S/C22H19N3/c1-3-9-20(10-4-1)25(21-11-5-2-6-12-21)24-17-18-13-14-19-8-7-15-23-22(19)16-18/h1-7,9-17,23H,8H2/b24-17+. The average Bonchev–Trinajstić information content (AvgIpc) is 2.70. The van der Waals surface area contributed by atoms with Crippen molar-refractivity contribution < 1.29 is 0 Å². The zero-order chi connectivity index (χ0) is 16.9. The topological polar surface area (TPSA) is 27.6 Å². The third-order valence-electron chi connectivity index (χ3n) is 4.15. The van der Waals surface area contributed by atoms with E-state index in [2.05, 4.69) is 53.9 Å². The Morgan fingerprint density at radius 3 is 2.20 bits per heavy atom. The number of hydrazone groups is 1. The molecule has 122 valence electrons. The summed E-state index contributed by atoms with van der Waals surface area (Å²) in [5.74, 6) is 0. The van der Waals surface area contributed by atoms with E-state index in [-0.39, 0.29) is 0 Å². The van der Waals surface area contributed by atoms with Gasteiger partial charge in [0, 0.05) is 5.69 Å². The summed E-state index contributed by atoms with van der Waals surface area (Å²) >= 11 is 0. The van der Waals surface area contributed by atoms with Crippen molar-refractivity contribution in [1.82, 2.24) is 0 Å². The number of fused-ring (bicyclic) bond motifs is 1. The summed E-state index contributed by atoms with van der Waals surface area (Å²) in [6.45, 7) is 0. The zero-order valence-corrected chi connectivity index (χ0v) is 13.8. The molecule has 0 bridgehead atoms. The Morgan fingerprint density at radius 1 is 0.840 bits per heavy atom. The van der Waals surface area contributed by atoms with Crippen molar-refractivity contribution in [3.63, 3.8) is 0 Å². The Kier molecular flexibility index (Phi) is 4.29. The molecule has 0 saturated carbocycles. The number of anilines is 3. The average molecular weight is 325 g/mol. The molecule has 3 aromatic rings. The van der Waals surface area contributed by atoms with Gasteiger partial charge in [-0.15, -0.1) is 0 Å². The number of rotatable bonds is 4. The number of hydrogen-bond donors (Lipinski definition) is 1. The number of nitrogens with one attached hydrogen (secondary N) is 1. The normalized spacial score (nSPS) is 12.6. The maximum atomic E-state index is 4.75. The van der Waals surface area contributed by atoms with E-state index in [9.17, 15) is 0 Å². The van der Waals surface area contributed by atoms with Crippen LogP contribution in [0.25, 0.3) is 0 Å². The van der Waals surface area contributed by atoms with Crippen molar-refractivity contribution in [2.24, 2.45) is 5.10 Å². The summed E-state index contributed by atoms with van der Waals surface area (Å²) in [4.78, 5) is 0. The second-order valence-corrected chi connectivity index (χ2v) is 5.89. The second-order valence-electron chi connectivity index (χ2n) is 5.89. The molecule has 0 atom stereocenters. The summed E-state index contributed by atoms with van der Waals surface area (Å²) in [5.41, 5.74) is 5.59. The van der Waals surface area contributed by atoms with E-state index in [0.29, 0.717) is 0 Å². The number of allylic oxidation sites excluding steroid dienone is 1. The Balaban J connectivity index is 1.66. The highest BCUT2D eigenvalue weighted by Crippen LogP contribution is 2.26. The summed E-state index contributed by atoms with van der Waals surface area (Å²) in [6.07, 6.45) is 6.99. The van der Waals surface area contributed by atoms with Crippen molar-refractivity contribution in [2.75, 3.05) is 10.3 Å². The van der Waals surface area contributed by atoms with Crippen LogP contribution >= 0.6 is 0 Å². The smallest absolute Gasteiger partial charge is 0.0652 e. The highest BCUT2D eigenvalue weighted by molar-refractivity contribution is 5.84. The van der Waals surface area contributed by atoms with E-state index >= 15 is 0 Å². The molecule has 4 rings (SSSR count). The quantitative estimate of drug-likeness (QED) is 0.518. The first kappa shape index (κ1) is 15.2. The van der Waals surface area contributed by atoms with Gasteiger partial charge in [-0.25, -0.2) is 5.01 Å². The molecule has 0 unspecified atom stereocenters. The highest BCUT2D eigenvalue weighted by Gasteiger charge is 2.08. The first-order valence-corrected chi connectivity index (χ1v) is 8.39. The summed E-state index contributed by atoms with van der Waals surface area (Å²) in [7, 11) is 0. The Hall–Kier alpha value is -3.33. The molecule has 1 N–H and O–H groups in total. The summed E-state index contributed by atoms with van der Waals surface area (Å²) in [5, 5.41) is 10.00. The Morgan fingerprint density at radius 2 is 1.52 bits per heavy atom.